The van der Waals surface area contributed by atoms with Gasteiger partial charge in [-0.15, -0.1) is 0 Å². The lowest BCUT2D eigenvalue weighted by Crippen LogP contribution is -1.96. The van der Waals surface area contributed by atoms with Gasteiger partial charge in [-0.05, 0) is 52.3 Å². The van der Waals surface area contributed by atoms with Gasteiger partial charge in [-0.2, -0.15) is 0 Å². The summed E-state index contributed by atoms with van der Waals surface area (Å²) < 4.78 is 18.8. The fraction of sp³-hybridized carbons (Fsp3) is 0. The molecule has 0 aliphatic rings. The Kier molecular flexibility index (Phi) is 3.62. The smallest absolute Gasteiger partial charge is 0.335 e. The van der Waals surface area contributed by atoms with E-state index in [1.807, 2.05) is 0 Å². The van der Waals surface area contributed by atoms with E-state index in [4.69, 9.17) is 9.84 Å². The molecular weight excluding hydrogens is 303 g/mol. The summed E-state index contributed by atoms with van der Waals surface area (Å²) in [5, 5.41) is 8.85. The Morgan fingerprint density at radius 1 is 1.22 bits per heavy atom. The van der Waals surface area contributed by atoms with Gasteiger partial charge in [0, 0.05) is 0 Å². The molecule has 0 atom stereocenters. The van der Waals surface area contributed by atoms with Crippen LogP contribution >= 0.6 is 15.9 Å². The Hall–Kier alpha value is -1.88. The first-order valence-corrected chi connectivity index (χ1v) is 5.82. The Bertz CT molecular complexity index is 599. The number of halogens is 2. The number of carbonyl (C=O) groups is 1. The van der Waals surface area contributed by atoms with Crippen molar-refractivity contribution in [2.75, 3.05) is 0 Å². The summed E-state index contributed by atoms with van der Waals surface area (Å²) in [6, 6.07) is 10.1. The summed E-state index contributed by atoms with van der Waals surface area (Å²) in [4.78, 5) is 10.8. The van der Waals surface area contributed by atoms with Crippen LogP contribution in [0.4, 0.5) is 4.39 Å². The second-order valence-corrected chi connectivity index (χ2v) is 4.36. The topological polar surface area (TPSA) is 46.5 Å². The van der Waals surface area contributed by atoms with Gasteiger partial charge in [-0.25, -0.2) is 9.18 Å². The lowest BCUT2D eigenvalue weighted by atomic mass is 10.2. The van der Waals surface area contributed by atoms with E-state index in [2.05, 4.69) is 15.9 Å². The first-order chi connectivity index (χ1) is 8.56. The maximum Gasteiger partial charge on any atom is 0.335 e. The van der Waals surface area contributed by atoms with E-state index in [-0.39, 0.29) is 11.4 Å². The van der Waals surface area contributed by atoms with Crippen molar-refractivity contribution in [1.82, 2.24) is 0 Å². The van der Waals surface area contributed by atoms with E-state index in [0.29, 0.717) is 16.0 Å². The van der Waals surface area contributed by atoms with E-state index in [1.54, 1.807) is 12.1 Å². The fourth-order valence-corrected chi connectivity index (χ4v) is 1.81. The molecule has 2 rings (SSSR count). The van der Waals surface area contributed by atoms with E-state index in [0.717, 1.165) is 0 Å². The summed E-state index contributed by atoms with van der Waals surface area (Å²) in [6.45, 7) is 0. The Morgan fingerprint density at radius 3 is 2.67 bits per heavy atom. The zero-order valence-electron chi connectivity index (χ0n) is 9.06. The van der Waals surface area contributed by atoms with E-state index < -0.39 is 5.97 Å². The first kappa shape index (κ1) is 12.6. The lowest BCUT2D eigenvalue weighted by Gasteiger charge is -2.08. The van der Waals surface area contributed by atoms with Gasteiger partial charge in [-0.3, -0.25) is 0 Å². The van der Waals surface area contributed by atoms with Crippen molar-refractivity contribution in [3.8, 4) is 11.5 Å². The van der Waals surface area contributed by atoms with Gasteiger partial charge in [-0.1, -0.05) is 6.07 Å². The molecular formula is C13H8BrFO3. The van der Waals surface area contributed by atoms with Crippen molar-refractivity contribution in [1.29, 1.82) is 0 Å². The SMILES string of the molecule is O=C(O)c1cccc(Oc2ccc(F)cc2Br)c1. The average molecular weight is 311 g/mol. The molecule has 0 aliphatic carbocycles. The van der Waals surface area contributed by atoms with Gasteiger partial charge < -0.3 is 9.84 Å². The molecule has 0 fully saturated rings. The number of aromatic carboxylic acids is 1. The maximum absolute atomic E-state index is 12.9. The molecule has 0 heterocycles. The monoisotopic (exact) mass is 310 g/mol. The Balaban J connectivity index is 2.28. The highest BCUT2D eigenvalue weighted by Gasteiger charge is 2.07. The van der Waals surface area contributed by atoms with Crippen molar-refractivity contribution < 1.29 is 19.0 Å². The molecule has 92 valence electrons. The van der Waals surface area contributed by atoms with Crippen molar-refractivity contribution in [3.63, 3.8) is 0 Å². The van der Waals surface area contributed by atoms with Gasteiger partial charge in [0.1, 0.15) is 17.3 Å². The number of carboxylic acids is 1. The molecule has 0 bridgehead atoms. The molecule has 2 aromatic carbocycles. The van der Waals surface area contributed by atoms with Crippen molar-refractivity contribution in [2.24, 2.45) is 0 Å². The summed E-state index contributed by atoms with van der Waals surface area (Å²) in [6.07, 6.45) is 0. The largest absolute Gasteiger partial charge is 0.478 e. The molecule has 5 heteroatoms. The average Bonchev–Trinajstić information content (AvgIpc) is 2.33. The molecule has 0 saturated heterocycles. The molecule has 2 aromatic rings. The zero-order valence-corrected chi connectivity index (χ0v) is 10.6. The van der Waals surface area contributed by atoms with Gasteiger partial charge in [0.25, 0.3) is 0 Å². The highest BCUT2D eigenvalue weighted by Crippen LogP contribution is 2.30. The van der Waals surface area contributed by atoms with Crippen molar-refractivity contribution in [2.45, 2.75) is 0 Å². The molecule has 18 heavy (non-hydrogen) atoms. The number of ether oxygens (including phenoxy) is 1. The minimum atomic E-state index is -1.03. The van der Waals surface area contributed by atoms with Crippen molar-refractivity contribution >= 4 is 21.9 Å². The molecule has 0 saturated carbocycles. The van der Waals surface area contributed by atoms with Crippen LogP contribution < -0.4 is 4.74 Å². The van der Waals surface area contributed by atoms with E-state index in [1.165, 1.54) is 30.3 Å². The molecule has 0 spiro atoms. The number of rotatable bonds is 3. The van der Waals surface area contributed by atoms with E-state index >= 15 is 0 Å². The molecule has 0 amide bonds. The lowest BCUT2D eigenvalue weighted by molar-refractivity contribution is 0.0696. The van der Waals surface area contributed by atoms with Gasteiger partial charge in [0.2, 0.25) is 0 Å². The third kappa shape index (κ3) is 2.87. The van der Waals surface area contributed by atoms with Crippen LogP contribution in [-0.2, 0) is 0 Å². The molecule has 0 unspecified atom stereocenters. The normalized spacial score (nSPS) is 10.1. The third-order valence-electron chi connectivity index (χ3n) is 2.20. The Morgan fingerprint density at radius 2 is 2.00 bits per heavy atom. The number of hydrogen-bond donors (Lipinski definition) is 1. The van der Waals surface area contributed by atoms with Crippen LogP contribution in [-0.4, -0.2) is 11.1 Å². The van der Waals surface area contributed by atoms with Crippen LogP contribution in [0.5, 0.6) is 11.5 Å². The molecule has 0 aliphatic heterocycles. The summed E-state index contributed by atoms with van der Waals surface area (Å²) in [7, 11) is 0. The van der Waals surface area contributed by atoms with E-state index in [9.17, 15) is 9.18 Å². The standard InChI is InChI=1S/C13H8BrFO3/c14-11-7-9(15)4-5-12(11)18-10-3-1-2-8(6-10)13(16)17/h1-7H,(H,16,17). The number of carboxylic acid groups (broad SMARTS) is 1. The predicted octanol–water partition coefficient (Wildman–Crippen LogP) is 4.08. The van der Waals surface area contributed by atoms with Crippen LogP contribution in [0.25, 0.3) is 0 Å². The van der Waals surface area contributed by atoms with Gasteiger partial charge in [0.05, 0.1) is 10.0 Å². The van der Waals surface area contributed by atoms with Crippen LogP contribution in [0.15, 0.2) is 46.9 Å². The molecule has 1 N–H and O–H groups in total. The fourth-order valence-electron chi connectivity index (χ4n) is 1.38. The summed E-state index contributed by atoms with van der Waals surface area (Å²) >= 11 is 3.17. The highest BCUT2D eigenvalue weighted by atomic mass is 79.9. The Labute approximate surface area is 111 Å². The third-order valence-corrected chi connectivity index (χ3v) is 2.82. The number of hydrogen-bond acceptors (Lipinski definition) is 2. The number of benzene rings is 2. The second kappa shape index (κ2) is 5.18. The van der Waals surface area contributed by atoms with Crippen LogP contribution in [0.3, 0.4) is 0 Å². The van der Waals surface area contributed by atoms with Crippen LogP contribution in [0, 0.1) is 5.82 Å². The minimum absolute atomic E-state index is 0.130. The molecule has 3 nitrogen and oxygen atoms in total. The second-order valence-electron chi connectivity index (χ2n) is 3.51. The maximum atomic E-state index is 12.9. The quantitative estimate of drug-likeness (QED) is 0.929. The first-order valence-electron chi connectivity index (χ1n) is 5.02. The summed E-state index contributed by atoms with van der Waals surface area (Å²) in [5.41, 5.74) is 0.130. The van der Waals surface area contributed by atoms with Gasteiger partial charge in [0.15, 0.2) is 0 Å². The highest BCUT2D eigenvalue weighted by molar-refractivity contribution is 9.10. The predicted molar refractivity (Wildman–Crippen MR) is 67.6 cm³/mol. The van der Waals surface area contributed by atoms with Crippen LogP contribution in [0.2, 0.25) is 0 Å². The van der Waals surface area contributed by atoms with Gasteiger partial charge >= 0.3 is 5.97 Å². The molecule has 0 aromatic heterocycles. The zero-order chi connectivity index (χ0) is 13.1. The molecule has 0 radical (unpaired) electrons. The minimum Gasteiger partial charge on any atom is -0.478 e. The summed E-state index contributed by atoms with van der Waals surface area (Å²) in [5.74, 6) is -0.617. The van der Waals surface area contributed by atoms with Crippen LogP contribution in [0.1, 0.15) is 10.4 Å². The van der Waals surface area contributed by atoms with Crippen molar-refractivity contribution in [3.05, 3.63) is 58.3 Å².